The van der Waals surface area contributed by atoms with Crippen LogP contribution in [0.4, 0.5) is 8.78 Å². The lowest BCUT2D eigenvalue weighted by atomic mass is 9.82. The standard InChI is InChI=1S/C30H44F2/c1-3-5-7-9-11-23-13-17-25(18-14-23)27-21-22-28(30(32)29(27)31)26-19-15-24(16-20-26)12-10-8-6-4-2/h17,19,21-24H,3-16,18,20H2,1-2H3. The number of halogens is 2. The van der Waals surface area contributed by atoms with Crippen molar-refractivity contribution >= 4 is 11.1 Å². The van der Waals surface area contributed by atoms with Crippen LogP contribution in [0.15, 0.2) is 24.3 Å². The zero-order chi connectivity index (χ0) is 22.8. The maximum atomic E-state index is 15.1. The third-order valence-electron chi connectivity index (χ3n) is 7.75. The van der Waals surface area contributed by atoms with E-state index >= 15 is 8.78 Å². The van der Waals surface area contributed by atoms with E-state index in [4.69, 9.17) is 0 Å². The van der Waals surface area contributed by atoms with E-state index in [0.717, 1.165) is 49.7 Å². The van der Waals surface area contributed by atoms with Crippen LogP contribution in [-0.4, -0.2) is 0 Å². The van der Waals surface area contributed by atoms with E-state index in [1.54, 1.807) is 0 Å². The summed E-state index contributed by atoms with van der Waals surface area (Å²) in [6, 6.07) is 3.66. The maximum Gasteiger partial charge on any atom is 0.166 e. The summed E-state index contributed by atoms with van der Waals surface area (Å²) in [6.07, 6.45) is 23.3. The van der Waals surface area contributed by atoms with Crippen LogP contribution in [0.25, 0.3) is 11.1 Å². The first kappa shape index (κ1) is 25.2. The highest BCUT2D eigenvalue weighted by atomic mass is 19.2. The van der Waals surface area contributed by atoms with E-state index in [9.17, 15) is 0 Å². The molecule has 2 atom stereocenters. The molecule has 0 fully saturated rings. The topological polar surface area (TPSA) is 0 Å². The number of hydrogen-bond donors (Lipinski definition) is 0. The van der Waals surface area contributed by atoms with E-state index in [0.29, 0.717) is 23.0 Å². The molecule has 2 aliphatic rings. The zero-order valence-electron chi connectivity index (χ0n) is 20.5. The smallest absolute Gasteiger partial charge is 0.166 e. The van der Waals surface area contributed by atoms with Crippen LogP contribution >= 0.6 is 0 Å². The molecule has 178 valence electrons. The largest absolute Gasteiger partial charge is 0.203 e. The molecule has 0 saturated heterocycles. The van der Waals surface area contributed by atoms with E-state index in [-0.39, 0.29) is 0 Å². The van der Waals surface area contributed by atoms with Crippen molar-refractivity contribution in [1.29, 1.82) is 0 Å². The summed E-state index contributed by atoms with van der Waals surface area (Å²) in [4.78, 5) is 0. The molecule has 0 aliphatic heterocycles. The first-order valence-electron chi connectivity index (χ1n) is 13.5. The van der Waals surface area contributed by atoms with Gasteiger partial charge in [0.25, 0.3) is 0 Å². The quantitative estimate of drug-likeness (QED) is 0.282. The van der Waals surface area contributed by atoms with Gasteiger partial charge in [-0.1, -0.05) is 102 Å². The Morgan fingerprint density at radius 3 is 1.44 bits per heavy atom. The van der Waals surface area contributed by atoms with Gasteiger partial charge < -0.3 is 0 Å². The van der Waals surface area contributed by atoms with Crippen molar-refractivity contribution in [2.24, 2.45) is 11.8 Å². The van der Waals surface area contributed by atoms with Gasteiger partial charge in [0, 0.05) is 11.1 Å². The Labute approximate surface area is 195 Å². The fourth-order valence-electron chi connectivity index (χ4n) is 5.56. The lowest BCUT2D eigenvalue weighted by Crippen LogP contribution is -2.09. The second kappa shape index (κ2) is 13.3. The SMILES string of the molecule is CCCCCCC1CC=C(c2ccc(C3=CCC(CCCCCC)CC3)c(F)c2F)CC1. The van der Waals surface area contributed by atoms with Crippen molar-refractivity contribution in [3.05, 3.63) is 47.0 Å². The fraction of sp³-hybridized carbons (Fsp3) is 0.667. The molecule has 0 heterocycles. The van der Waals surface area contributed by atoms with E-state index in [1.165, 1.54) is 64.2 Å². The molecular weight excluding hydrogens is 398 g/mol. The summed E-state index contributed by atoms with van der Waals surface area (Å²) in [6.45, 7) is 4.48. The third-order valence-corrected chi connectivity index (χ3v) is 7.75. The van der Waals surface area contributed by atoms with Gasteiger partial charge in [-0.25, -0.2) is 8.78 Å². The summed E-state index contributed by atoms with van der Waals surface area (Å²) >= 11 is 0. The van der Waals surface area contributed by atoms with Crippen LogP contribution < -0.4 is 0 Å². The Hall–Kier alpha value is -1.44. The van der Waals surface area contributed by atoms with Gasteiger partial charge >= 0.3 is 0 Å². The predicted molar refractivity (Wildman–Crippen MR) is 135 cm³/mol. The molecule has 0 spiro atoms. The Morgan fingerprint density at radius 1 is 0.656 bits per heavy atom. The number of hydrogen-bond acceptors (Lipinski definition) is 0. The average molecular weight is 443 g/mol. The van der Waals surface area contributed by atoms with Crippen LogP contribution in [0.5, 0.6) is 0 Å². The minimum Gasteiger partial charge on any atom is -0.203 e. The van der Waals surface area contributed by atoms with Gasteiger partial charge in [0.2, 0.25) is 0 Å². The van der Waals surface area contributed by atoms with Gasteiger partial charge in [0.1, 0.15) is 0 Å². The minimum absolute atomic E-state index is 0.487. The summed E-state index contributed by atoms with van der Waals surface area (Å²) in [5.41, 5.74) is 2.98. The third kappa shape index (κ3) is 7.03. The van der Waals surface area contributed by atoms with E-state index in [1.807, 2.05) is 12.1 Å². The highest BCUT2D eigenvalue weighted by molar-refractivity contribution is 5.72. The lowest BCUT2D eigenvalue weighted by molar-refractivity contribution is 0.423. The highest BCUT2D eigenvalue weighted by Crippen LogP contribution is 2.38. The molecule has 1 aromatic rings. The van der Waals surface area contributed by atoms with Crippen LogP contribution in [0.2, 0.25) is 0 Å². The molecule has 2 heteroatoms. The first-order valence-corrected chi connectivity index (χ1v) is 13.5. The summed E-state index contributed by atoms with van der Waals surface area (Å²) in [7, 11) is 0. The first-order chi connectivity index (χ1) is 15.6. The number of rotatable bonds is 12. The Bertz CT molecular complexity index is 708. The van der Waals surface area contributed by atoms with Crippen molar-refractivity contribution < 1.29 is 8.78 Å². The van der Waals surface area contributed by atoms with E-state index < -0.39 is 11.6 Å². The Balaban J connectivity index is 1.58. The molecule has 1 aromatic carbocycles. The van der Waals surface area contributed by atoms with Crippen molar-refractivity contribution in [3.63, 3.8) is 0 Å². The summed E-state index contributed by atoms with van der Waals surface area (Å²) in [5.74, 6) is 0.144. The van der Waals surface area contributed by atoms with Gasteiger partial charge in [0.05, 0.1) is 0 Å². The summed E-state index contributed by atoms with van der Waals surface area (Å²) in [5, 5.41) is 0. The van der Waals surface area contributed by atoms with Gasteiger partial charge in [0.15, 0.2) is 11.6 Å². The van der Waals surface area contributed by atoms with Gasteiger partial charge in [-0.15, -0.1) is 0 Å². The van der Waals surface area contributed by atoms with Gasteiger partial charge in [-0.2, -0.15) is 0 Å². The number of benzene rings is 1. The predicted octanol–water partition coefficient (Wildman–Crippen LogP) is 10.3. The van der Waals surface area contributed by atoms with Crippen LogP contribution in [0.1, 0.15) is 128 Å². The molecular formula is C30H44F2. The lowest BCUT2D eigenvalue weighted by Gasteiger charge is -2.24. The zero-order valence-corrected chi connectivity index (χ0v) is 20.5. The molecule has 0 bridgehead atoms. The molecule has 0 aromatic heterocycles. The average Bonchev–Trinajstić information content (AvgIpc) is 2.82. The van der Waals surface area contributed by atoms with Crippen molar-refractivity contribution in [3.8, 4) is 0 Å². The molecule has 0 saturated carbocycles. The van der Waals surface area contributed by atoms with Crippen molar-refractivity contribution in [1.82, 2.24) is 0 Å². The normalized spacial score (nSPS) is 21.4. The maximum absolute atomic E-state index is 15.1. The second-order valence-electron chi connectivity index (χ2n) is 10.2. The minimum atomic E-state index is -0.641. The monoisotopic (exact) mass is 442 g/mol. The van der Waals surface area contributed by atoms with Crippen LogP contribution in [0.3, 0.4) is 0 Å². The van der Waals surface area contributed by atoms with Gasteiger partial charge in [-0.05, 0) is 61.5 Å². The summed E-state index contributed by atoms with van der Waals surface area (Å²) < 4.78 is 30.1. The van der Waals surface area contributed by atoms with Crippen molar-refractivity contribution in [2.75, 3.05) is 0 Å². The van der Waals surface area contributed by atoms with Gasteiger partial charge in [-0.3, -0.25) is 0 Å². The van der Waals surface area contributed by atoms with Crippen molar-refractivity contribution in [2.45, 2.75) is 117 Å². The molecule has 0 nitrogen and oxygen atoms in total. The molecule has 2 aliphatic carbocycles. The molecule has 3 rings (SSSR count). The van der Waals surface area contributed by atoms with Crippen LogP contribution in [0, 0.1) is 23.5 Å². The Morgan fingerprint density at radius 2 is 1.09 bits per heavy atom. The second-order valence-corrected chi connectivity index (χ2v) is 10.2. The molecule has 0 N–H and O–H groups in total. The fourth-order valence-corrected chi connectivity index (χ4v) is 5.56. The Kier molecular flexibility index (Phi) is 10.5. The molecule has 32 heavy (non-hydrogen) atoms. The molecule has 0 radical (unpaired) electrons. The highest BCUT2D eigenvalue weighted by Gasteiger charge is 2.23. The molecule has 0 amide bonds. The molecule has 2 unspecified atom stereocenters. The van der Waals surface area contributed by atoms with E-state index in [2.05, 4.69) is 26.0 Å². The number of allylic oxidation sites excluding steroid dienone is 4. The number of unbranched alkanes of at least 4 members (excludes halogenated alkanes) is 6. The van der Waals surface area contributed by atoms with Crippen LogP contribution in [-0.2, 0) is 0 Å².